The summed E-state index contributed by atoms with van der Waals surface area (Å²) >= 11 is 0. The number of aromatic nitrogens is 3. The molecule has 9 heteroatoms. The molecule has 0 radical (unpaired) electrons. The van der Waals surface area contributed by atoms with Crippen LogP contribution in [-0.4, -0.2) is 76.5 Å². The zero-order valence-electron chi connectivity index (χ0n) is 18.1. The van der Waals surface area contributed by atoms with Gasteiger partial charge in [0.2, 0.25) is 5.88 Å². The summed E-state index contributed by atoms with van der Waals surface area (Å²) < 4.78 is 12.8. The van der Waals surface area contributed by atoms with Crippen LogP contribution in [0.4, 0.5) is 5.82 Å². The SMILES string of the molecule is COC(=O)c1ccc2nc(CN3CCN(c4cccc(O)n4)CC3)n(CC3CCO3)c2c1. The lowest BCUT2D eigenvalue weighted by atomic mass is 10.1. The second kappa shape index (κ2) is 8.76. The molecule has 32 heavy (non-hydrogen) atoms. The van der Waals surface area contributed by atoms with Crippen LogP contribution in [0, 0.1) is 0 Å². The van der Waals surface area contributed by atoms with Crippen molar-refractivity contribution >= 4 is 22.8 Å². The molecule has 2 aliphatic heterocycles. The van der Waals surface area contributed by atoms with E-state index in [0.29, 0.717) is 5.56 Å². The van der Waals surface area contributed by atoms with E-state index in [2.05, 4.69) is 19.4 Å². The third kappa shape index (κ3) is 4.13. The fourth-order valence-electron chi connectivity index (χ4n) is 4.30. The second-order valence-corrected chi connectivity index (χ2v) is 8.23. The molecule has 1 unspecified atom stereocenters. The first kappa shape index (κ1) is 20.7. The molecule has 2 aliphatic rings. The van der Waals surface area contributed by atoms with Crippen LogP contribution in [-0.2, 0) is 22.6 Å². The van der Waals surface area contributed by atoms with Gasteiger partial charge in [0.25, 0.3) is 0 Å². The van der Waals surface area contributed by atoms with Crippen LogP contribution >= 0.6 is 0 Å². The topological polar surface area (TPSA) is 93.0 Å². The van der Waals surface area contributed by atoms with Crippen LogP contribution in [0.15, 0.2) is 36.4 Å². The number of carbonyl (C=O) groups is 1. The van der Waals surface area contributed by atoms with Crippen molar-refractivity contribution in [2.75, 3.05) is 44.8 Å². The smallest absolute Gasteiger partial charge is 0.337 e. The monoisotopic (exact) mass is 437 g/mol. The molecule has 1 aromatic carbocycles. The zero-order chi connectivity index (χ0) is 22.1. The summed E-state index contributed by atoms with van der Waals surface area (Å²) in [6.45, 7) is 5.64. The van der Waals surface area contributed by atoms with Gasteiger partial charge >= 0.3 is 5.97 Å². The molecule has 2 aromatic heterocycles. The molecule has 2 fully saturated rings. The number of hydrogen-bond donors (Lipinski definition) is 1. The summed E-state index contributed by atoms with van der Waals surface area (Å²) in [6.07, 6.45) is 1.22. The quantitative estimate of drug-likeness (QED) is 0.586. The molecule has 5 rings (SSSR count). The molecule has 0 spiro atoms. The van der Waals surface area contributed by atoms with Gasteiger partial charge in [-0.1, -0.05) is 6.07 Å². The minimum absolute atomic E-state index is 0.0446. The van der Waals surface area contributed by atoms with Gasteiger partial charge in [0, 0.05) is 38.9 Å². The predicted octanol–water partition coefficient (Wildman–Crippen LogP) is 2.03. The standard InChI is InChI=1S/C23H27N5O4/c1-31-23(30)16-5-6-18-19(13-16)28(14-17-7-12-32-17)21(24-18)15-26-8-10-27(11-9-26)20-3-2-4-22(29)25-20/h2-6,13,17H,7-12,14-15H2,1H3,(H,25,29). The van der Waals surface area contributed by atoms with Crippen molar-refractivity contribution in [1.82, 2.24) is 19.4 Å². The van der Waals surface area contributed by atoms with Crippen LogP contribution in [0.5, 0.6) is 5.88 Å². The fourth-order valence-corrected chi connectivity index (χ4v) is 4.30. The number of ether oxygens (including phenoxy) is 2. The van der Waals surface area contributed by atoms with Gasteiger partial charge in [0.1, 0.15) is 11.6 Å². The van der Waals surface area contributed by atoms with Crippen LogP contribution in [0.2, 0.25) is 0 Å². The summed E-state index contributed by atoms with van der Waals surface area (Å²) in [5, 5.41) is 9.66. The average molecular weight is 438 g/mol. The Hall–Kier alpha value is -3.17. The summed E-state index contributed by atoms with van der Waals surface area (Å²) in [6, 6.07) is 10.8. The van der Waals surface area contributed by atoms with Gasteiger partial charge < -0.3 is 24.0 Å². The Morgan fingerprint density at radius 2 is 2.00 bits per heavy atom. The number of nitrogens with zero attached hydrogens (tertiary/aromatic N) is 5. The molecule has 168 valence electrons. The number of rotatable bonds is 6. The van der Waals surface area contributed by atoms with E-state index in [0.717, 1.165) is 75.0 Å². The maximum Gasteiger partial charge on any atom is 0.337 e. The Bertz CT molecular complexity index is 1120. The highest BCUT2D eigenvalue weighted by Gasteiger charge is 2.25. The molecule has 0 bridgehead atoms. The van der Waals surface area contributed by atoms with Gasteiger partial charge in [-0.15, -0.1) is 0 Å². The van der Waals surface area contributed by atoms with E-state index in [1.54, 1.807) is 12.1 Å². The Morgan fingerprint density at radius 1 is 1.19 bits per heavy atom. The van der Waals surface area contributed by atoms with Gasteiger partial charge in [-0.2, -0.15) is 4.98 Å². The number of pyridine rings is 1. The fraction of sp³-hybridized carbons (Fsp3) is 0.435. The summed E-state index contributed by atoms with van der Waals surface area (Å²) in [5.74, 6) is 1.47. The van der Waals surface area contributed by atoms with Crippen LogP contribution in [0.3, 0.4) is 0 Å². The van der Waals surface area contributed by atoms with Crippen LogP contribution in [0.1, 0.15) is 22.6 Å². The molecular weight excluding hydrogens is 410 g/mol. The third-order valence-corrected chi connectivity index (χ3v) is 6.21. The Balaban J connectivity index is 1.35. The lowest BCUT2D eigenvalue weighted by molar-refractivity contribution is -0.0592. The van der Waals surface area contributed by atoms with Crippen molar-refractivity contribution in [1.29, 1.82) is 0 Å². The van der Waals surface area contributed by atoms with Crippen LogP contribution < -0.4 is 4.90 Å². The number of esters is 1. The second-order valence-electron chi connectivity index (χ2n) is 8.23. The maximum atomic E-state index is 12.0. The Labute approximate surface area is 186 Å². The average Bonchev–Trinajstić information content (AvgIpc) is 3.12. The number of hydrogen-bond acceptors (Lipinski definition) is 8. The van der Waals surface area contributed by atoms with Crippen molar-refractivity contribution in [2.45, 2.75) is 25.6 Å². The van der Waals surface area contributed by atoms with E-state index in [9.17, 15) is 9.90 Å². The highest BCUT2D eigenvalue weighted by Crippen LogP contribution is 2.24. The van der Waals surface area contributed by atoms with E-state index in [4.69, 9.17) is 14.5 Å². The maximum absolute atomic E-state index is 12.0. The Kier molecular flexibility index (Phi) is 5.67. The molecule has 0 amide bonds. The van der Waals surface area contributed by atoms with E-state index in [-0.39, 0.29) is 18.0 Å². The van der Waals surface area contributed by atoms with Crippen molar-refractivity contribution in [3.63, 3.8) is 0 Å². The normalized spacial score (nSPS) is 19.2. The first-order valence-corrected chi connectivity index (χ1v) is 10.9. The van der Waals surface area contributed by atoms with E-state index < -0.39 is 0 Å². The van der Waals surface area contributed by atoms with Gasteiger partial charge in [-0.3, -0.25) is 4.90 Å². The molecule has 1 N–H and O–H groups in total. The van der Waals surface area contributed by atoms with Crippen molar-refractivity contribution in [3.05, 3.63) is 47.8 Å². The third-order valence-electron chi connectivity index (χ3n) is 6.21. The van der Waals surface area contributed by atoms with Gasteiger partial charge in [-0.05, 0) is 30.7 Å². The van der Waals surface area contributed by atoms with E-state index in [1.165, 1.54) is 7.11 Å². The minimum Gasteiger partial charge on any atom is -0.493 e. The lowest BCUT2D eigenvalue weighted by Crippen LogP contribution is -2.46. The highest BCUT2D eigenvalue weighted by atomic mass is 16.5. The van der Waals surface area contributed by atoms with Gasteiger partial charge in [-0.25, -0.2) is 9.78 Å². The van der Waals surface area contributed by atoms with Crippen molar-refractivity contribution in [2.24, 2.45) is 0 Å². The molecule has 4 heterocycles. The molecule has 0 aliphatic carbocycles. The molecule has 0 saturated carbocycles. The summed E-state index contributed by atoms with van der Waals surface area (Å²) in [5.41, 5.74) is 2.32. The molecule has 2 saturated heterocycles. The summed E-state index contributed by atoms with van der Waals surface area (Å²) in [7, 11) is 1.39. The zero-order valence-corrected chi connectivity index (χ0v) is 18.1. The highest BCUT2D eigenvalue weighted by molar-refractivity contribution is 5.93. The number of carbonyl (C=O) groups excluding carboxylic acids is 1. The van der Waals surface area contributed by atoms with Crippen molar-refractivity contribution in [3.8, 4) is 5.88 Å². The largest absolute Gasteiger partial charge is 0.493 e. The van der Waals surface area contributed by atoms with Gasteiger partial charge in [0.15, 0.2) is 0 Å². The number of piperazine rings is 1. The predicted molar refractivity (Wildman–Crippen MR) is 119 cm³/mol. The Morgan fingerprint density at radius 3 is 2.69 bits per heavy atom. The number of benzene rings is 1. The number of aromatic hydroxyl groups is 1. The minimum atomic E-state index is -0.349. The lowest BCUT2D eigenvalue weighted by Gasteiger charge is -2.35. The number of methoxy groups -OCH3 is 1. The molecular formula is C23H27N5O4. The van der Waals surface area contributed by atoms with Crippen molar-refractivity contribution < 1.29 is 19.4 Å². The first-order chi connectivity index (χ1) is 15.6. The molecule has 3 aromatic rings. The number of anilines is 1. The number of fused-ring (bicyclic) bond motifs is 1. The summed E-state index contributed by atoms with van der Waals surface area (Å²) in [4.78, 5) is 25.7. The van der Waals surface area contributed by atoms with E-state index >= 15 is 0 Å². The first-order valence-electron chi connectivity index (χ1n) is 10.9. The molecule has 9 nitrogen and oxygen atoms in total. The van der Waals surface area contributed by atoms with E-state index in [1.807, 2.05) is 24.3 Å². The number of imidazole rings is 1. The molecule has 1 atom stereocenters. The van der Waals surface area contributed by atoms with Crippen LogP contribution in [0.25, 0.3) is 11.0 Å². The van der Waals surface area contributed by atoms with Gasteiger partial charge in [0.05, 0.1) is 42.9 Å².